The van der Waals surface area contributed by atoms with E-state index in [2.05, 4.69) is 5.32 Å². The van der Waals surface area contributed by atoms with E-state index in [0.717, 1.165) is 5.56 Å². The molecule has 0 fully saturated rings. The smallest absolute Gasteiger partial charge is 0.335 e. The zero-order chi connectivity index (χ0) is 15.3. The van der Waals surface area contributed by atoms with Crippen LogP contribution in [-0.4, -0.2) is 29.6 Å². The lowest BCUT2D eigenvalue weighted by Gasteiger charge is -2.17. The van der Waals surface area contributed by atoms with E-state index in [1.807, 2.05) is 13.8 Å². The molecular formula is C15H21NO4. The number of nitrogens with one attached hydrogen (secondary N) is 1. The van der Waals surface area contributed by atoms with Gasteiger partial charge in [-0.1, -0.05) is 19.9 Å². The van der Waals surface area contributed by atoms with E-state index in [9.17, 15) is 9.59 Å². The van der Waals surface area contributed by atoms with Crippen molar-refractivity contribution in [2.75, 3.05) is 6.54 Å². The van der Waals surface area contributed by atoms with Crippen molar-refractivity contribution in [3.63, 3.8) is 0 Å². The Bertz CT molecular complexity index is 497. The van der Waals surface area contributed by atoms with Crippen LogP contribution in [0.2, 0.25) is 0 Å². The van der Waals surface area contributed by atoms with E-state index in [4.69, 9.17) is 9.84 Å². The zero-order valence-electron chi connectivity index (χ0n) is 12.3. The Hall–Kier alpha value is -2.04. The number of benzene rings is 1. The number of rotatable bonds is 6. The first-order valence-electron chi connectivity index (χ1n) is 6.59. The van der Waals surface area contributed by atoms with Gasteiger partial charge < -0.3 is 15.2 Å². The number of carboxylic acid groups (broad SMARTS) is 1. The molecule has 5 nitrogen and oxygen atoms in total. The lowest BCUT2D eigenvalue weighted by atomic mass is 10.1. The number of carboxylic acids is 1. The van der Waals surface area contributed by atoms with Gasteiger partial charge in [-0.2, -0.15) is 0 Å². The van der Waals surface area contributed by atoms with Crippen LogP contribution in [0.5, 0.6) is 5.75 Å². The number of hydrogen-bond acceptors (Lipinski definition) is 3. The highest BCUT2D eigenvalue weighted by atomic mass is 16.5. The van der Waals surface area contributed by atoms with Gasteiger partial charge in [-0.25, -0.2) is 4.79 Å². The summed E-state index contributed by atoms with van der Waals surface area (Å²) in [5.41, 5.74) is 0.930. The van der Waals surface area contributed by atoms with Gasteiger partial charge in [0, 0.05) is 6.54 Å². The molecule has 0 aromatic heterocycles. The van der Waals surface area contributed by atoms with Crippen LogP contribution >= 0.6 is 0 Å². The molecule has 0 aliphatic carbocycles. The highest BCUT2D eigenvalue weighted by Crippen LogP contribution is 2.21. The standard InChI is InChI=1S/C15H21NO4/c1-9(2)8-16-14(17)11(4)20-13-7-12(15(18)19)6-5-10(13)3/h5-7,9,11H,8H2,1-4H3,(H,16,17)(H,18,19). The third kappa shape index (κ3) is 4.57. The number of carbonyl (C=O) groups excluding carboxylic acids is 1. The third-order valence-electron chi connectivity index (χ3n) is 2.79. The van der Waals surface area contributed by atoms with Crippen LogP contribution < -0.4 is 10.1 Å². The van der Waals surface area contributed by atoms with E-state index in [1.165, 1.54) is 12.1 Å². The minimum atomic E-state index is -1.02. The topological polar surface area (TPSA) is 75.6 Å². The maximum Gasteiger partial charge on any atom is 0.335 e. The number of hydrogen-bond donors (Lipinski definition) is 2. The number of aryl methyl sites for hydroxylation is 1. The van der Waals surface area contributed by atoms with Gasteiger partial charge in [0.25, 0.3) is 5.91 Å². The summed E-state index contributed by atoms with van der Waals surface area (Å²) in [7, 11) is 0. The molecular weight excluding hydrogens is 258 g/mol. The molecule has 0 bridgehead atoms. The highest BCUT2D eigenvalue weighted by Gasteiger charge is 2.16. The molecule has 1 atom stereocenters. The second-order valence-corrected chi connectivity index (χ2v) is 5.18. The second-order valence-electron chi connectivity index (χ2n) is 5.18. The van der Waals surface area contributed by atoms with Crippen LogP contribution in [0.3, 0.4) is 0 Å². The van der Waals surface area contributed by atoms with Crippen molar-refractivity contribution in [2.24, 2.45) is 5.92 Å². The van der Waals surface area contributed by atoms with E-state index in [-0.39, 0.29) is 11.5 Å². The van der Waals surface area contributed by atoms with Crippen molar-refractivity contribution in [1.29, 1.82) is 0 Å². The van der Waals surface area contributed by atoms with Gasteiger partial charge in [-0.15, -0.1) is 0 Å². The molecule has 1 rings (SSSR count). The average molecular weight is 279 g/mol. The van der Waals surface area contributed by atoms with E-state index in [1.54, 1.807) is 19.9 Å². The molecule has 0 saturated heterocycles. The van der Waals surface area contributed by atoms with Gasteiger partial charge in [0.1, 0.15) is 5.75 Å². The summed E-state index contributed by atoms with van der Waals surface area (Å²) in [6, 6.07) is 4.61. The van der Waals surface area contributed by atoms with E-state index >= 15 is 0 Å². The van der Waals surface area contributed by atoms with Crippen LogP contribution in [0, 0.1) is 12.8 Å². The van der Waals surface area contributed by atoms with Crippen LogP contribution in [0.15, 0.2) is 18.2 Å². The third-order valence-corrected chi connectivity index (χ3v) is 2.79. The summed E-state index contributed by atoms with van der Waals surface area (Å²) in [6.07, 6.45) is -0.670. The Labute approximate surface area is 118 Å². The Balaban J connectivity index is 2.74. The number of amides is 1. The maximum absolute atomic E-state index is 11.8. The quantitative estimate of drug-likeness (QED) is 0.837. The zero-order valence-corrected chi connectivity index (χ0v) is 12.3. The first-order valence-corrected chi connectivity index (χ1v) is 6.59. The van der Waals surface area contributed by atoms with Crippen molar-refractivity contribution < 1.29 is 19.4 Å². The van der Waals surface area contributed by atoms with Gasteiger partial charge in [-0.05, 0) is 37.5 Å². The minimum absolute atomic E-state index is 0.139. The Morgan fingerprint density at radius 3 is 2.50 bits per heavy atom. The molecule has 5 heteroatoms. The molecule has 2 N–H and O–H groups in total. The fraction of sp³-hybridized carbons (Fsp3) is 0.467. The molecule has 1 unspecified atom stereocenters. The molecule has 0 saturated carbocycles. The second kappa shape index (κ2) is 6.93. The first-order chi connectivity index (χ1) is 9.31. The number of carbonyl (C=O) groups is 2. The fourth-order valence-electron chi connectivity index (χ4n) is 1.55. The first kappa shape index (κ1) is 16.0. The number of aromatic carboxylic acids is 1. The van der Waals surface area contributed by atoms with Gasteiger partial charge in [0.05, 0.1) is 5.56 Å². The molecule has 20 heavy (non-hydrogen) atoms. The predicted octanol–water partition coefficient (Wildman–Crippen LogP) is 2.23. The normalized spacial score (nSPS) is 12.1. The molecule has 1 aromatic rings. The molecule has 0 aliphatic heterocycles. The Kier molecular flexibility index (Phi) is 5.55. The van der Waals surface area contributed by atoms with Crippen LogP contribution in [0.4, 0.5) is 0 Å². The van der Waals surface area contributed by atoms with Crippen molar-refractivity contribution in [2.45, 2.75) is 33.8 Å². The molecule has 0 aliphatic rings. The summed E-state index contributed by atoms with van der Waals surface area (Å²) in [6.45, 7) is 8.04. The molecule has 1 aromatic carbocycles. The largest absolute Gasteiger partial charge is 0.481 e. The lowest BCUT2D eigenvalue weighted by Crippen LogP contribution is -2.38. The van der Waals surface area contributed by atoms with Crippen molar-refractivity contribution in [1.82, 2.24) is 5.32 Å². The van der Waals surface area contributed by atoms with Crippen molar-refractivity contribution in [3.05, 3.63) is 29.3 Å². The van der Waals surface area contributed by atoms with Gasteiger partial charge in [-0.3, -0.25) is 4.79 Å². The molecule has 0 heterocycles. The summed E-state index contributed by atoms with van der Waals surface area (Å²) < 4.78 is 5.55. The van der Waals surface area contributed by atoms with Crippen LogP contribution in [-0.2, 0) is 4.79 Å². The van der Waals surface area contributed by atoms with Gasteiger partial charge in [0.2, 0.25) is 0 Å². The SMILES string of the molecule is Cc1ccc(C(=O)O)cc1OC(C)C(=O)NCC(C)C. The predicted molar refractivity (Wildman–Crippen MR) is 76.1 cm³/mol. The maximum atomic E-state index is 11.8. The minimum Gasteiger partial charge on any atom is -0.481 e. The summed E-state index contributed by atoms with van der Waals surface area (Å²) in [5, 5.41) is 11.7. The summed E-state index contributed by atoms with van der Waals surface area (Å²) in [4.78, 5) is 22.8. The molecule has 0 spiro atoms. The van der Waals surface area contributed by atoms with Crippen molar-refractivity contribution in [3.8, 4) is 5.75 Å². The Morgan fingerprint density at radius 2 is 1.95 bits per heavy atom. The van der Waals surface area contributed by atoms with Crippen LogP contribution in [0.1, 0.15) is 36.7 Å². The highest BCUT2D eigenvalue weighted by molar-refractivity contribution is 5.88. The Morgan fingerprint density at radius 1 is 1.30 bits per heavy atom. The summed E-state index contributed by atoms with van der Waals surface area (Å²) >= 11 is 0. The monoisotopic (exact) mass is 279 g/mol. The molecule has 0 radical (unpaired) electrons. The molecule has 1 amide bonds. The van der Waals surface area contributed by atoms with E-state index < -0.39 is 12.1 Å². The van der Waals surface area contributed by atoms with Crippen molar-refractivity contribution >= 4 is 11.9 Å². The average Bonchev–Trinajstić information content (AvgIpc) is 2.37. The number of ether oxygens (including phenoxy) is 1. The molecule has 110 valence electrons. The van der Waals surface area contributed by atoms with E-state index in [0.29, 0.717) is 18.2 Å². The summed E-state index contributed by atoms with van der Waals surface area (Å²) in [5.74, 6) is -0.453. The van der Waals surface area contributed by atoms with Crippen LogP contribution in [0.25, 0.3) is 0 Å². The fourth-order valence-corrected chi connectivity index (χ4v) is 1.55. The van der Waals surface area contributed by atoms with Gasteiger partial charge >= 0.3 is 5.97 Å². The van der Waals surface area contributed by atoms with Gasteiger partial charge in [0.15, 0.2) is 6.10 Å². The lowest BCUT2D eigenvalue weighted by molar-refractivity contribution is -0.127.